The average molecular weight is 500 g/mol. The molecule has 3 aromatic rings. The molecule has 0 radical (unpaired) electrons. The Morgan fingerprint density at radius 2 is 1.94 bits per heavy atom. The number of anilines is 1. The maximum absolute atomic E-state index is 14.1. The number of halogens is 3. The van der Waals surface area contributed by atoms with Gasteiger partial charge in [-0.1, -0.05) is 45.7 Å². The van der Waals surface area contributed by atoms with Gasteiger partial charge in [0.2, 0.25) is 0 Å². The minimum Gasteiger partial charge on any atom is -0.496 e. The molecule has 1 amide bonds. The number of amides is 1. The lowest BCUT2D eigenvalue weighted by Gasteiger charge is -2.13. The van der Waals surface area contributed by atoms with Crippen molar-refractivity contribution in [3.05, 3.63) is 98.2 Å². The highest BCUT2D eigenvalue weighted by atomic mass is 79.9. The second-order valence-corrected chi connectivity index (χ2v) is 7.87. The normalized spacial score (nSPS) is 11.0. The summed E-state index contributed by atoms with van der Waals surface area (Å²) >= 11 is 9.35. The van der Waals surface area contributed by atoms with Crippen LogP contribution in [0.1, 0.15) is 16.7 Å². The van der Waals surface area contributed by atoms with Crippen molar-refractivity contribution >= 4 is 45.2 Å². The van der Waals surface area contributed by atoms with E-state index in [2.05, 4.69) is 21.2 Å². The van der Waals surface area contributed by atoms with E-state index in [1.165, 1.54) is 19.3 Å². The Labute approximate surface area is 193 Å². The van der Waals surface area contributed by atoms with Crippen molar-refractivity contribution in [1.82, 2.24) is 0 Å². The quantitative estimate of drug-likeness (QED) is 0.316. The SMILES string of the molecule is COc1cc(/C=C(\C#N)C(=O)Nc2ccc(Cl)cc2)cc(Br)c1Cc1ccccc1F. The van der Waals surface area contributed by atoms with Gasteiger partial charge in [0, 0.05) is 27.2 Å². The summed E-state index contributed by atoms with van der Waals surface area (Å²) in [5.41, 5.74) is 2.32. The molecule has 0 spiro atoms. The van der Waals surface area contributed by atoms with Crippen LogP contribution in [0.4, 0.5) is 10.1 Å². The van der Waals surface area contributed by atoms with E-state index in [-0.39, 0.29) is 11.4 Å². The molecular formula is C24H17BrClFN2O2. The largest absolute Gasteiger partial charge is 0.496 e. The molecule has 0 aliphatic rings. The second kappa shape index (κ2) is 10.3. The van der Waals surface area contributed by atoms with Gasteiger partial charge in [-0.05, 0) is 59.7 Å². The van der Waals surface area contributed by atoms with E-state index in [1.807, 2.05) is 6.07 Å². The highest BCUT2D eigenvalue weighted by Crippen LogP contribution is 2.32. The van der Waals surface area contributed by atoms with Gasteiger partial charge in [0.15, 0.2) is 0 Å². The highest BCUT2D eigenvalue weighted by molar-refractivity contribution is 9.10. The Kier molecular flexibility index (Phi) is 7.45. The number of hydrogen-bond donors (Lipinski definition) is 1. The third-order valence-electron chi connectivity index (χ3n) is 4.50. The predicted octanol–water partition coefficient (Wildman–Crippen LogP) is 6.39. The molecule has 0 bridgehead atoms. The minimum atomic E-state index is -0.546. The number of nitrogens with one attached hydrogen (secondary N) is 1. The second-order valence-electron chi connectivity index (χ2n) is 6.58. The van der Waals surface area contributed by atoms with Crippen LogP contribution in [0.5, 0.6) is 5.75 Å². The number of benzene rings is 3. The number of carbonyl (C=O) groups excluding carboxylic acids is 1. The Morgan fingerprint density at radius 1 is 1.23 bits per heavy atom. The first kappa shape index (κ1) is 22.5. The number of nitriles is 1. The third kappa shape index (κ3) is 5.72. The molecule has 7 heteroatoms. The lowest BCUT2D eigenvalue weighted by Crippen LogP contribution is -2.13. The van der Waals surface area contributed by atoms with Gasteiger partial charge in [-0.15, -0.1) is 0 Å². The summed E-state index contributed by atoms with van der Waals surface area (Å²) in [4.78, 5) is 12.5. The highest BCUT2D eigenvalue weighted by Gasteiger charge is 2.15. The number of hydrogen-bond acceptors (Lipinski definition) is 3. The minimum absolute atomic E-state index is 0.0780. The number of carbonyl (C=O) groups is 1. The van der Waals surface area contributed by atoms with Crippen LogP contribution in [0, 0.1) is 17.1 Å². The van der Waals surface area contributed by atoms with Crippen LogP contribution in [0.15, 0.2) is 70.7 Å². The number of rotatable bonds is 6. The van der Waals surface area contributed by atoms with Crippen molar-refractivity contribution in [3.8, 4) is 11.8 Å². The standard InChI is InChI=1S/C24H17BrClFN2O2/c1-31-23-12-15(11-21(25)20(23)13-16-4-2-3-5-22(16)27)10-17(14-28)24(30)29-19-8-6-18(26)7-9-19/h2-12H,13H2,1H3,(H,29,30)/b17-10+. The van der Waals surface area contributed by atoms with Crippen molar-refractivity contribution < 1.29 is 13.9 Å². The maximum Gasteiger partial charge on any atom is 0.266 e. The Morgan fingerprint density at radius 3 is 2.58 bits per heavy atom. The van der Waals surface area contributed by atoms with Crippen LogP contribution in [0.2, 0.25) is 5.02 Å². The fraction of sp³-hybridized carbons (Fsp3) is 0.0833. The van der Waals surface area contributed by atoms with Crippen molar-refractivity contribution in [2.45, 2.75) is 6.42 Å². The van der Waals surface area contributed by atoms with E-state index >= 15 is 0 Å². The van der Waals surface area contributed by atoms with Crippen molar-refractivity contribution in [2.75, 3.05) is 12.4 Å². The summed E-state index contributed by atoms with van der Waals surface area (Å²) in [5, 5.41) is 12.7. The van der Waals surface area contributed by atoms with Crippen LogP contribution >= 0.6 is 27.5 Å². The lowest BCUT2D eigenvalue weighted by molar-refractivity contribution is -0.112. The third-order valence-corrected chi connectivity index (χ3v) is 5.46. The molecule has 0 unspecified atom stereocenters. The molecule has 3 rings (SSSR count). The van der Waals surface area contributed by atoms with Gasteiger partial charge in [0.25, 0.3) is 5.91 Å². The van der Waals surface area contributed by atoms with Gasteiger partial charge < -0.3 is 10.1 Å². The molecule has 31 heavy (non-hydrogen) atoms. The molecule has 3 aromatic carbocycles. The molecule has 0 saturated heterocycles. The molecule has 1 N–H and O–H groups in total. The first-order valence-corrected chi connectivity index (χ1v) is 10.4. The zero-order valence-electron chi connectivity index (χ0n) is 16.5. The number of nitrogens with zero attached hydrogens (tertiary/aromatic N) is 1. The van der Waals surface area contributed by atoms with E-state index < -0.39 is 5.91 Å². The fourth-order valence-corrected chi connectivity index (χ4v) is 3.67. The summed E-state index contributed by atoms with van der Waals surface area (Å²) in [6.45, 7) is 0. The monoisotopic (exact) mass is 498 g/mol. The van der Waals surface area contributed by atoms with Crippen LogP contribution in [-0.2, 0) is 11.2 Å². The summed E-state index contributed by atoms with van der Waals surface area (Å²) < 4.78 is 20.2. The summed E-state index contributed by atoms with van der Waals surface area (Å²) in [6.07, 6.45) is 1.79. The van der Waals surface area contributed by atoms with E-state index in [9.17, 15) is 14.4 Å². The van der Waals surface area contributed by atoms with Crippen LogP contribution in [0.25, 0.3) is 6.08 Å². The first-order chi connectivity index (χ1) is 14.9. The van der Waals surface area contributed by atoms with Gasteiger partial charge in [-0.25, -0.2) is 4.39 Å². The Balaban J connectivity index is 1.89. The number of ether oxygens (including phenoxy) is 1. The lowest BCUT2D eigenvalue weighted by atomic mass is 10.0. The van der Waals surface area contributed by atoms with Crippen LogP contribution in [-0.4, -0.2) is 13.0 Å². The van der Waals surface area contributed by atoms with Gasteiger partial charge in [0.05, 0.1) is 7.11 Å². The molecule has 4 nitrogen and oxygen atoms in total. The molecule has 0 aliphatic heterocycles. The smallest absolute Gasteiger partial charge is 0.266 e. The van der Waals surface area contributed by atoms with Gasteiger partial charge in [-0.3, -0.25) is 4.79 Å². The Bertz CT molecular complexity index is 1190. The van der Waals surface area contributed by atoms with Crippen molar-refractivity contribution in [3.63, 3.8) is 0 Å². The van der Waals surface area contributed by atoms with Crippen LogP contribution in [0.3, 0.4) is 0 Å². The molecule has 156 valence electrons. The Hall–Kier alpha value is -3.14. The van der Waals surface area contributed by atoms with E-state index in [4.69, 9.17) is 16.3 Å². The first-order valence-electron chi connectivity index (χ1n) is 9.19. The topological polar surface area (TPSA) is 62.1 Å². The molecule has 0 atom stereocenters. The van der Waals surface area contributed by atoms with Crippen LogP contribution < -0.4 is 10.1 Å². The molecule has 0 aliphatic carbocycles. The van der Waals surface area contributed by atoms with Gasteiger partial charge in [-0.2, -0.15) is 5.26 Å². The molecule has 0 fully saturated rings. The van der Waals surface area contributed by atoms with E-state index in [0.717, 1.165) is 5.56 Å². The van der Waals surface area contributed by atoms with Gasteiger partial charge in [0.1, 0.15) is 23.2 Å². The van der Waals surface area contributed by atoms with E-state index in [0.29, 0.717) is 38.5 Å². The zero-order chi connectivity index (χ0) is 22.4. The summed E-state index contributed by atoms with van der Waals surface area (Å²) in [5.74, 6) is -0.333. The van der Waals surface area contributed by atoms with Crippen molar-refractivity contribution in [2.24, 2.45) is 0 Å². The average Bonchev–Trinajstić information content (AvgIpc) is 2.76. The molecule has 0 saturated carbocycles. The predicted molar refractivity (Wildman–Crippen MR) is 124 cm³/mol. The van der Waals surface area contributed by atoms with E-state index in [1.54, 1.807) is 54.6 Å². The maximum atomic E-state index is 14.1. The van der Waals surface area contributed by atoms with Crippen molar-refractivity contribution in [1.29, 1.82) is 5.26 Å². The number of methoxy groups -OCH3 is 1. The summed E-state index contributed by atoms with van der Waals surface area (Å²) in [7, 11) is 1.51. The molecule has 0 heterocycles. The summed E-state index contributed by atoms with van der Waals surface area (Å²) in [6, 6.07) is 18.5. The molecular weight excluding hydrogens is 483 g/mol. The molecule has 0 aromatic heterocycles. The van der Waals surface area contributed by atoms with Gasteiger partial charge >= 0.3 is 0 Å². The zero-order valence-corrected chi connectivity index (χ0v) is 18.8. The fourth-order valence-electron chi connectivity index (χ4n) is 2.95.